The van der Waals surface area contributed by atoms with Gasteiger partial charge in [-0.1, -0.05) is 49.4 Å². The Bertz CT molecular complexity index is 751. The Hall–Kier alpha value is -2.33. The van der Waals surface area contributed by atoms with Crippen LogP contribution in [0, 0.1) is 0 Å². The molecule has 1 unspecified atom stereocenters. The third kappa shape index (κ3) is 5.35. The van der Waals surface area contributed by atoms with E-state index in [0.717, 1.165) is 37.2 Å². The highest BCUT2D eigenvalue weighted by Crippen LogP contribution is 2.31. The molecule has 2 aromatic carbocycles. The minimum absolute atomic E-state index is 0.110. The molecule has 1 aliphatic rings. The number of amides is 1. The van der Waals surface area contributed by atoms with Crippen LogP contribution in [-0.2, 0) is 17.6 Å². The highest BCUT2D eigenvalue weighted by molar-refractivity contribution is 5.76. The summed E-state index contributed by atoms with van der Waals surface area (Å²) in [6, 6.07) is 16.9. The van der Waals surface area contributed by atoms with Crippen LogP contribution in [0.2, 0.25) is 0 Å². The first-order valence-corrected chi connectivity index (χ1v) is 10.4. The van der Waals surface area contributed by atoms with Crippen LogP contribution in [0.5, 0.6) is 5.75 Å². The summed E-state index contributed by atoms with van der Waals surface area (Å²) in [5, 5.41) is 3.17. The number of ether oxygens (including phenoxy) is 1. The molecule has 150 valence electrons. The van der Waals surface area contributed by atoms with Gasteiger partial charge >= 0.3 is 0 Å². The fraction of sp³-hybridized carbons (Fsp3) is 0.458. The first-order chi connectivity index (χ1) is 13.7. The highest BCUT2D eigenvalue weighted by Gasteiger charge is 2.26. The smallest absolute Gasteiger partial charge is 0.220 e. The zero-order valence-corrected chi connectivity index (χ0v) is 17.1. The van der Waals surface area contributed by atoms with Crippen molar-refractivity contribution < 1.29 is 9.53 Å². The van der Waals surface area contributed by atoms with Gasteiger partial charge in [-0.05, 0) is 56.0 Å². The van der Waals surface area contributed by atoms with Crippen LogP contribution in [0.15, 0.2) is 48.5 Å². The monoisotopic (exact) mass is 380 g/mol. The number of carbonyl (C=O) groups is 1. The lowest BCUT2D eigenvalue weighted by molar-refractivity contribution is -0.121. The summed E-state index contributed by atoms with van der Waals surface area (Å²) in [4.78, 5) is 14.9. The van der Waals surface area contributed by atoms with Gasteiger partial charge in [0.15, 0.2) is 0 Å². The minimum atomic E-state index is 0.110. The van der Waals surface area contributed by atoms with Crippen LogP contribution in [0.3, 0.4) is 0 Å². The summed E-state index contributed by atoms with van der Waals surface area (Å²) in [5.74, 6) is 1.00. The Labute approximate surface area is 168 Å². The lowest BCUT2D eigenvalue weighted by Crippen LogP contribution is -2.37. The van der Waals surface area contributed by atoms with Crippen molar-refractivity contribution in [1.29, 1.82) is 0 Å². The molecule has 1 fully saturated rings. The molecule has 0 saturated carbocycles. The van der Waals surface area contributed by atoms with E-state index in [4.69, 9.17) is 4.74 Å². The number of nitrogens with one attached hydrogen (secondary N) is 1. The molecule has 0 radical (unpaired) electrons. The van der Waals surface area contributed by atoms with E-state index in [0.29, 0.717) is 13.0 Å². The Morgan fingerprint density at radius 3 is 2.43 bits per heavy atom. The number of hydrogen-bond acceptors (Lipinski definition) is 3. The van der Waals surface area contributed by atoms with Crippen LogP contribution < -0.4 is 10.1 Å². The molecule has 0 bridgehead atoms. The molecule has 1 heterocycles. The van der Waals surface area contributed by atoms with Crippen molar-refractivity contribution in [2.45, 2.75) is 45.1 Å². The topological polar surface area (TPSA) is 41.6 Å². The summed E-state index contributed by atoms with van der Waals surface area (Å²) >= 11 is 0. The van der Waals surface area contributed by atoms with Gasteiger partial charge in [-0.2, -0.15) is 0 Å². The SMILES string of the molecule is CCc1ccc(CCC(=O)NCC(c2ccccc2OC)N2CCCC2)cc1. The van der Waals surface area contributed by atoms with Gasteiger partial charge in [-0.3, -0.25) is 9.69 Å². The molecule has 1 aliphatic heterocycles. The second-order valence-electron chi connectivity index (χ2n) is 7.47. The minimum Gasteiger partial charge on any atom is -0.496 e. The number of rotatable bonds is 9. The molecule has 28 heavy (non-hydrogen) atoms. The number of hydrogen-bond donors (Lipinski definition) is 1. The molecule has 1 N–H and O–H groups in total. The number of nitrogens with zero attached hydrogens (tertiary/aromatic N) is 1. The molecule has 2 aromatic rings. The molecule has 0 aliphatic carbocycles. The lowest BCUT2D eigenvalue weighted by Gasteiger charge is -2.29. The first kappa shape index (κ1) is 20.4. The number of para-hydroxylation sites is 1. The number of benzene rings is 2. The largest absolute Gasteiger partial charge is 0.496 e. The summed E-state index contributed by atoms with van der Waals surface area (Å²) in [5.41, 5.74) is 3.70. The van der Waals surface area contributed by atoms with Gasteiger partial charge in [0.25, 0.3) is 0 Å². The fourth-order valence-corrected chi connectivity index (χ4v) is 3.93. The Kier molecular flexibility index (Phi) is 7.49. The molecular formula is C24H32N2O2. The van der Waals surface area contributed by atoms with Crippen molar-refractivity contribution in [2.75, 3.05) is 26.7 Å². The molecule has 4 heteroatoms. The molecule has 3 rings (SSSR count). The van der Waals surface area contributed by atoms with Crippen molar-refractivity contribution in [2.24, 2.45) is 0 Å². The summed E-state index contributed by atoms with van der Waals surface area (Å²) in [6.45, 7) is 4.92. The highest BCUT2D eigenvalue weighted by atomic mass is 16.5. The quantitative estimate of drug-likeness (QED) is 0.711. The van der Waals surface area contributed by atoms with Crippen molar-refractivity contribution in [3.8, 4) is 5.75 Å². The maximum Gasteiger partial charge on any atom is 0.220 e. The van der Waals surface area contributed by atoms with Gasteiger partial charge in [0.05, 0.1) is 13.2 Å². The third-order valence-corrected chi connectivity index (χ3v) is 5.64. The second kappa shape index (κ2) is 10.3. The zero-order valence-electron chi connectivity index (χ0n) is 17.1. The van der Waals surface area contributed by atoms with Gasteiger partial charge in [0.1, 0.15) is 5.75 Å². The average Bonchev–Trinajstić information content (AvgIpc) is 3.27. The molecule has 4 nitrogen and oxygen atoms in total. The van der Waals surface area contributed by atoms with E-state index in [1.807, 2.05) is 18.2 Å². The second-order valence-corrected chi connectivity index (χ2v) is 7.47. The number of carbonyl (C=O) groups excluding carboxylic acids is 1. The number of likely N-dealkylation sites (tertiary alicyclic amines) is 1. The predicted molar refractivity (Wildman–Crippen MR) is 114 cm³/mol. The standard InChI is InChI=1S/C24H32N2O2/c1-3-19-10-12-20(13-11-19)14-15-24(27)25-18-22(26-16-6-7-17-26)21-8-4-5-9-23(21)28-2/h4-5,8-13,22H,3,6-7,14-18H2,1-2H3,(H,25,27). The van der Waals surface area contributed by atoms with Crippen molar-refractivity contribution in [3.05, 3.63) is 65.2 Å². The van der Waals surface area contributed by atoms with E-state index in [-0.39, 0.29) is 11.9 Å². The fourth-order valence-electron chi connectivity index (χ4n) is 3.93. The molecule has 1 amide bonds. The number of methoxy groups -OCH3 is 1. The molecular weight excluding hydrogens is 348 g/mol. The summed E-state index contributed by atoms with van der Waals surface area (Å²) in [7, 11) is 1.71. The normalized spacial score (nSPS) is 15.4. The summed E-state index contributed by atoms with van der Waals surface area (Å²) in [6.07, 6.45) is 4.77. The number of aryl methyl sites for hydroxylation is 2. The molecule has 1 saturated heterocycles. The Morgan fingerprint density at radius 2 is 1.75 bits per heavy atom. The van der Waals surface area contributed by atoms with Crippen LogP contribution in [-0.4, -0.2) is 37.6 Å². The van der Waals surface area contributed by atoms with Crippen LogP contribution in [0.25, 0.3) is 0 Å². The van der Waals surface area contributed by atoms with E-state index < -0.39 is 0 Å². The van der Waals surface area contributed by atoms with Gasteiger partial charge in [0, 0.05) is 18.5 Å². The summed E-state index contributed by atoms with van der Waals surface area (Å²) < 4.78 is 5.58. The molecule has 1 atom stereocenters. The third-order valence-electron chi connectivity index (χ3n) is 5.64. The maximum atomic E-state index is 12.5. The first-order valence-electron chi connectivity index (χ1n) is 10.4. The van der Waals surface area contributed by atoms with E-state index in [9.17, 15) is 4.79 Å². The van der Waals surface area contributed by atoms with Crippen molar-refractivity contribution in [3.63, 3.8) is 0 Å². The Balaban J connectivity index is 1.58. The van der Waals surface area contributed by atoms with Gasteiger partial charge in [-0.25, -0.2) is 0 Å². The van der Waals surface area contributed by atoms with Gasteiger partial charge in [0.2, 0.25) is 5.91 Å². The van der Waals surface area contributed by atoms with Gasteiger partial charge < -0.3 is 10.1 Å². The average molecular weight is 381 g/mol. The van der Waals surface area contributed by atoms with Crippen LogP contribution in [0.1, 0.15) is 48.9 Å². The van der Waals surface area contributed by atoms with Crippen molar-refractivity contribution >= 4 is 5.91 Å². The zero-order chi connectivity index (χ0) is 19.8. The van der Waals surface area contributed by atoms with Crippen molar-refractivity contribution in [1.82, 2.24) is 10.2 Å². The van der Waals surface area contributed by atoms with E-state index >= 15 is 0 Å². The van der Waals surface area contributed by atoms with E-state index in [1.54, 1.807) is 7.11 Å². The molecule has 0 spiro atoms. The van der Waals surface area contributed by atoms with E-state index in [1.165, 1.54) is 24.0 Å². The lowest BCUT2D eigenvalue weighted by atomic mass is 10.0. The van der Waals surface area contributed by atoms with E-state index in [2.05, 4.69) is 47.5 Å². The Morgan fingerprint density at radius 1 is 1.07 bits per heavy atom. The predicted octanol–water partition coefficient (Wildman–Crippen LogP) is 4.14. The molecule has 0 aromatic heterocycles. The van der Waals surface area contributed by atoms with Crippen LogP contribution >= 0.6 is 0 Å². The maximum absolute atomic E-state index is 12.5. The van der Waals surface area contributed by atoms with Gasteiger partial charge in [-0.15, -0.1) is 0 Å². The van der Waals surface area contributed by atoms with Crippen LogP contribution in [0.4, 0.5) is 0 Å².